The summed E-state index contributed by atoms with van der Waals surface area (Å²) in [4.78, 5) is 33.7. The Bertz CT molecular complexity index is 1080. The number of anilines is 1. The third-order valence-electron chi connectivity index (χ3n) is 5.16. The molecule has 1 amide bonds. The molecule has 34 heavy (non-hydrogen) atoms. The predicted octanol–water partition coefficient (Wildman–Crippen LogP) is 4.22. The molecule has 10 heteroatoms. The number of carbonyl (C=O) groups excluding carboxylic acids is 2. The lowest BCUT2D eigenvalue weighted by molar-refractivity contribution is -0.150. The molecule has 0 spiro atoms. The van der Waals surface area contributed by atoms with E-state index in [2.05, 4.69) is 10.0 Å². The molecular formula is C24H27N5O4S. The predicted molar refractivity (Wildman–Crippen MR) is 132 cm³/mol. The van der Waals surface area contributed by atoms with Crippen molar-refractivity contribution in [1.29, 1.82) is 0 Å². The molecule has 1 aliphatic rings. The lowest BCUT2D eigenvalue weighted by atomic mass is 10.1. The molecule has 2 aromatic rings. The molecule has 9 nitrogen and oxygen atoms in total. The minimum atomic E-state index is -1.07. The Kier molecular flexibility index (Phi) is 8.98. The number of hydrogen-bond acceptors (Lipinski definition) is 7. The van der Waals surface area contributed by atoms with Gasteiger partial charge in [-0.15, -0.1) is 11.8 Å². The van der Waals surface area contributed by atoms with Gasteiger partial charge in [0.15, 0.2) is 6.10 Å². The third kappa shape index (κ3) is 6.32. The summed E-state index contributed by atoms with van der Waals surface area (Å²) in [6, 6.07) is 15.1. The molecule has 0 aromatic heterocycles. The molecule has 0 fully saturated rings. The van der Waals surface area contributed by atoms with E-state index in [-0.39, 0.29) is 12.5 Å². The molecule has 1 aliphatic heterocycles. The molecule has 0 saturated carbocycles. The lowest BCUT2D eigenvalue weighted by Gasteiger charge is -2.28. The maximum absolute atomic E-state index is 13.8. The zero-order valence-corrected chi connectivity index (χ0v) is 20.1. The Labute approximate surface area is 202 Å². The molecule has 0 saturated heterocycles. The highest BCUT2D eigenvalue weighted by Crippen LogP contribution is 2.46. The number of ether oxygens (including phenoxy) is 2. The lowest BCUT2D eigenvalue weighted by Crippen LogP contribution is -2.45. The number of likely N-dealkylation sites (N-methyl/N-ethyl adjacent to an activating group) is 1. The first kappa shape index (κ1) is 25.2. The van der Waals surface area contributed by atoms with Crippen LogP contribution >= 0.6 is 11.8 Å². The minimum Gasteiger partial charge on any atom is -0.497 e. The second-order valence-corrected chi connectivity index (χ2v) is 8.93. The largest absolute Gasteiger partial charge is 0.497 e. The fourth-order valence-corrected chi connectivity index (χ4v) is 4.77. The van der Waals surface area contributed by atoms with Gasteiger partial charge in [-0.2, -0.15) is 0 Å². The number of carbonyl (C=O) groups is 2. The number of benzene rings is 2. The SMILES string of the molecule is COc1ccc([C@@H]2Sc3ccccc3N(CCN(C)C)C(=O)[C@@H]2OC(=O)/C=C/CN=[N+]=[N-])cc1. The number of thioether (sulfide) groups is 1. The Hall–Kier alpha value is -3.46. The summed E-state index contributed by atoms with van der Waals surface area (Å²) in [6.07, 6.45) is 1.52. The van der Waals surface area contributed by atoms with Crippen LogP contribution in [-0.4, -0.2) is 63.7 Å². The van der Waals surface area contributed by atoms with Gasteiger partial charge in [0.2, 0.25) is 0 Å². The van der Waals surface area contributed by atoms with Crippen molar-refractivity contribution in [2.45, 2.75) is 16.2 Å². The summed E-state index contributed by atoms with van der Waals surface area (Å²) < 4.78 is 11.0. The molecule has 178 valence electrons. The van der Waals surface area contributed by atoms with Gasteiger partial charge in [-0.25, -0.2) is 4.79 Å². The quantitative estimate of drug-likeness (QED) is 0.174. The van der Waals surface area contributed by atoms with Crippen LogP contribution in [0, 0.1) is 0 Å². The molecule has 1 heterocycles. The van der Waals surface area contributed by atoms with Gasteiger partial charge in [-0.3, -0.25) is 4.79 Å². The van der Waals surface area contributed by atoms with Crippen molar-refractivity contribution in [3.63, 3.8) is 0 Å². The van der Waals surface area contributed by atoms with E-state index in [1.54, 1.807) is 12.0 Å². The Morgan fingerprint density at radius 1 is 1.24 bits per heavy atom. The van der Waals surface area contributed by atoms with Crippen LogP contribution in [0.3, 0.4) is 0 Å². The van der Waals surface area contributed by atoms with Gasteiger partial charge in [-0.1, -0.05) is 35.5 Å². The highest BCUT2D eigenvalue weighted by atomic mass is 32.2. The first-order valence-corrected chi connectivity index (χ1v) is 11.6. The number of para-hydroxylation sites is 1. The number of fused-ring (bicyclic) bond motifs is 1. The van der Waals surface area contributed by atoms with E-state index in [1.807, 2.05) is 67.5 Å². The summed E-state index contributed by atoms with van der Waals surface area (Å²) in [6.45, 7) is 1.10. The number of nitrogens with zero attached hydrogens (tertiary/aromatic N) is 5. The molecule has 3 rings (SSSR count). The van der Waals surface area contributed by atoms with Crippen LogP contribution in [0.25, 0.3) is 10.4 Å². The fraction of sp³-hybridized carbons (Fsp3) is 0.333. The average Bonchev–Trinajstić information content (AvgIpc) is 2.95. The number of hydrogen-bond donors (Lipinski definition) is 0. The van der Waals surface area contributed by atoms with Gasteiger partial charge in [-0.05, 0) is 49.5 Å². The van der Waals surface area contributed by atoms with E-state index >= 15 is 0 Å². The van der Waals surface area contributed by atoms with Gasteiger partial charge >= 0.3 is 5.97 Å². The van der Waals surface area contributed by atoms with Gasteiger partial charge in [0.05, 0.1) is 18.0 Å². The highest BCUT2D eigenvalue weighted by molar-refractivity contribution is 7.99. The Morgan fingerprint density at radius 2 is 1.97 bits per heavy atom. The first-order valence-electron chi connectivity index (χ1n) is 10.7. The number of azide groups is 1. The summed E-state index contributed by atoms with van der Waals surface area (Å²) >= 11 is 1.48. The van der Waals surface area contributed by atoms with E-state index in [4.69, 9.17) is 15.0 Å². The Morgan fingerprint density at radius 3 is 2.65 bits per heavy atom. The van der Waals surface area contributed by atoms with E-state index in [0.29, 0.717) is 18.8 Å². The third-order valence-corrected chi connectivity index (χ3v) is 6.53. The smallest absolute Gasteiger partial charge is 0.331 e. The summed E-state index contributed by atoms with van der Waals surface area (Å²) in [5.41, 5.74) is 10.0. The maximum Gasteiger partial charge on any atom is 0.331 e. The van der Waals surface area contributed by atoms with Crippen molar-refractivity contribution in [3.05, 3.63) is 76.7 Å². The fourth-order valence-electron chi connectivity index (χ4n) is 3.46. The van der Waals surface area contributed by atoms with Crippen molar-refractivity contribution in [2.24, 2.45) is 5.11 Å². The normalized spacial score (nSPS) is 17.8. The summed E-state index contributed by atoms with van der Waals surface area (Å²) in [5.74, 6) is -0.280. The van der Waals surface area contributed by atoms with Gasteiger partial charge in [0.1, 0.15) is 5.75 Å². The van der Waals surface area contributed by atoms with Crippen LogP contribution in [0.2, 0.25) is 0 Å². The number of esters is 1. The first-order chi connectivity index (χ1) is 16.4. The van der Waals surface area contributed by atoms with Crippen LogP contribution in [0.15, 0.2) is 70.7 Å². The zero-order valence-electron chi connectivity index (χ0n) is 19.3. The van der Waals surface area contributed by atoms with Crippen LogP contribution < -0.4 is 9.64 Å². The maximum atomic E-state index is 13.8. The number of methoxy groups -OCH3 is 1. The molecule has 0 radical (unpaired) electrons. The van der Waals surface area contributed by atoms with Crippen molar-refractivity contribution >= 4 is 29.3 Å². The Balaban J connectivity index is 2.01. The minimum absolute atomic E-state index is 0.0152. The van der Waals surface area contributed by atoms with Crippen LogP contribution in [0.1, 0.15) is 10.8 Å². The van der Waals surface area contributed by atoms with Gasteiger partial charge in [0, 0.05) is 35.5 Å². The van der Waals surface area contributed by atoms with Crippen LogP contribution in [0.4, 0.5) is 5.69 Å². The average molecular weight is 482 g/mol. The molecule has 2 aromatic carbocycles. The van der Waals surface area contributed by atoms with Gasteiger partial charge < -0.3 is 19.3 Å². The number of amides is 1. The van der Waals surface area contributed by atoms with Crippen LogP contribution in [-0.2, 0) is 14.3 Å². The molecule has 0 unspecified atom stereocenters. The van der Waals surface area contributed by atoms with Crippen molar-refractivity contribution in [1.82, 2.24) is 4.90 Å². The summed E-state index contributed by atoms with van der Waals surface area (Å²) in [7, 11) is 5.47. The molecule has 0 N–H and O–H groups in total. The molecular weight excluding hydrogens is 454 g/mol. The monoisotopic (exact) mass is 481 g/mol. The highest BCUT2D eigenvalue weighted by Gasteiger charge is 2.40. The van der Waals surface area contributed by atoms with E-state index < -0.39 is 17.3 Å². The molecule has 0 bridgehead atoms. The van der Waals surface area contributed by atoms with Crippen molar-refractivity contribution in [3.8, 4) is 5.75 Å². The standard InChI is InChI=1S/C24H27N5O4S/c1-28(2)15-16-29-19-7-4-5-8-20(19)34-23(17-10-12-18(32-3)13-11-17)22(24(29)31)33-21(30)9-6-14-26-27-25/h4-13,22-23H,14-16H2,1-3H3/b9-6+/t22-,23+/m1/s1. The summed E-state index contributed by atoms with van der Waals surface area (Å²) in [5, 5.41) is 2.90. The topological polar surface area (TPSA) is 108 Å². The van der Waals surface area contributed by atoms with Crippen molar-refractivity contribution < 1.29 is 19.1 Å². The second kappa shape index (κ2) is 12.1. The second-order valence-electron chi connectivity index (χ2n) is 7.75. The van der Waals surface area contributed by atoms with Crippen LogP contribution in [0.5, 0.6) is 5.75 Å². The molecule has 0 aliphatic carbocycles. The van der Waals surface area contributed by atoms with E-state index in [0.717, 1.165) is 16.1 Å². The van der Waals surface area contributed by atoms with E-state index in [1.165, 1.54) is 23.9 Å². The van der Waals surface area contributed by atoms with E-state index in [9.17, 15) is 9.59 Å². The number of rotatable bonds is 9. The van der Waals surface area contributed by atoms with Crippen molar-refractivity contribution in [2.75, 3.05) is 45.7 Å². The van der Waals surface area contributed by atoms with Gasteiger partial charge in [0.25, 0.3) is 5.91 Å². The molecule has 2 atom stereocenters. The zero-order chi connectivity index (χ0) is 24.5.